The highest BCUT2D eigenvalue weighted by Gasteiger charge is 2.30. The van der Waals surface area contributed by atoms with E-state index in [1.54, 1.807) is 18.2 Å². The summed E-state index contributed by atoms with van der Waals surface area (Å²) in [4.78, 5) is 24.6. The van der Waals surface area contributed by atoms with E-state index in [1.807, 2.05) is 30.3 Å². The Labute approximate surface area is 149 Å². The fourth-order valence-electron chi connectivity index (χ4n) is 2.52. The second kappa shape index (κ2) is 8.21. The SMILES string of the molecule is NCOC(=O)[C@H](Cc1ccc2n[nH]nc2c1)C(=O)OCc1ccccc1. The van der Waals surface area contributed by atoms with Crippen LogP contribution >= 0.6 is 0 Å². The van der Waals surface area contributed by atoms with Crippen molar-refractivity contribution in [3.05, 3.63) is 59.7 Å². The van der Waals surface area contributed by atoms with E-state index < -0.39 is 17.9 Å². The molecule has 8 heteroatoms. The lowest BCUT2D eigenvalue weighted by atomic mass is 9.99. The average Bonchev–Trinajstić information content (AvgIpc) is 3.13. The fraction of sp³-hybridized carbons (Fsp3) is 0.222. The number of aromatic amines is 1. The first-order valence-corrected chi connectivity index (χ1v) is 8.04. The maximum Gasteiger partial charge on any atom is 0.321 e. The van der Waals surface area contributed by atoms with Gasteiger partial charge in [0.25, 0.3) is 0 Å². The van der Waals surface area contributed by atoms with Crippen molar-refractivity contribution in [2.24, 2.45) is 11.7 Å². The molecule has 0 unspecified atom stereocenters. The van der Waals surface area contributed by atoms with Crippen LogP contribution in [0.5, 0.6) is 0 Å². The van der Waals surface area contributed by atoms with Gasteiger partial charge >= 0.3 is 11.9 Å². The van der Waals surface area contributed by atoms with E-state index in [1.165, 1.54) is 0 Å². The lowest BCUT2D eigenvalue weighted by Crippen LogP contribution is -2.31. The van der Waals surface area contributed by atoms with Gasteiger partial charge in [0, 0.05) is 0 Å². The number of rotatable bonds is 7. The molecular weight excluding hydrogens is 336 g/mol. The van der Waals surface area contributed by atoms with Crippen LogP contribution in [0, 0.1) is 5.92 Å². The second-order valence-corrected chi connectivity index (χ2v) is 5.63. The van der Waals surface area contributed by atoms with Crippen molar-refractivity contribution in [2.45, 2.75) is 13.0 Å². The summed E-state index contributed by atoms with van der Waals surface area (Å²) in [5.74, 6) is -2.48. The molecule has 3 aromatic rings. The number of fused-ring (bicyclic) bond motifs is 1. The third-order valence-electron chi connectivity index (χ3n) is 3.84. The van der Waals surface area contributed by atoms with Crippen molar-refractivity contribution >= 4 is 23.0 Å². The third kappa shape index (κ3) is 4.22. The number of carbonyl (C=O) groups is 2. The second-order valence-electron chi connectivity index (χ2n) is 5.63. The van der Waals surface area contributed by atoms with Crippen LogP contribution in [0.15, 0.2) is 48.5 Å². The zero-order chi connectivity index (χ0) is 18.4. The Balaban J connectivity index is 1.73. The Hall–Kier alpha value is -3.26. The maximum atomic E-state index is 12.5. The van der Waals surface area contributed by atoms with Gasteiger partial charge in [-0.1, -0.05) is 36.4 Å². The standard InChI is InChI=1S/C18H18N4O4/c19-11-26-18(24)14(17(23)25-10-12-4-2-1-3-5-12)8-13-6-7-15-16(9-13)21-22-20-15/h1-7,9,14H,8,10-11,19H2,(H,20,21,22)/t14-/m1/s1. The highest BCUT2D eigenvalue weighted by Crippen LogP contribution is 2.17. The summed E-state index contributed by atoms with van der Waals surface area (Å²) in [6.45, 7) is -0.224. The molecule has 0 radical (unpaired) electrons. The van der Waals surface area contributed by atoms with E-state index in [2.05, 4.69) is 15.4 Å². The van der Waals surface area contributed by atoms with Gasteiger partial charge in [0.1, 0.15) is 24.4 Å². The van der Waals surface area contributed by atoms with E-state index in [4.69, 9.17) is 15.2 Å². The van der Waals surface area contributed by atoms with Gasteiger partial charge in [-0.15, -0.1) is 0 Å². The minimum atomic E-state index is -1.10. The molecule has 0 aliphatic rings. The summed E-state index contributed by atoms with van der Waals surface area (Å²) in [5.41, 5.74) is 8.18. The number of esters is 2. The number of H-pyrrole nitrogens is 1. The molecule has 26 heavy (non-hydrogen) atoms. The van der Waals surface area contributed by atoms with Gasteiger partial charge in [-0.2, -0.15) is 15.4 Å². The van der Waals surface area contributed by atoms with Gasteiger partial charge in [0.05, 0.1) is 0 Å². The van der Waals surface area contributed by atoms with Crippen LogP contribution in [0.2, 0.25) is 0 Å². The Morgan fingerprint density at radius 1 is 0.962 bits per heavy atom. The third-order valence-corrected chi connectivity index (χ3v) is 3.84. The first-order valence-electron chi connectivity index (χ1n) is 8.04. The van der Waals surface area contributed by atoms with Crippen molar-refractivity contribution in [3.63, 3.8) is 0 Å². The number of aromatic nitrogens is 3. The molecule has 3 rings (SSSR count). The predicted molar refractivity (Wildman–Crippen MR) is 92.5 cm³/mol. The number of hydrogen-bond donors (Lipinski definition) is 2. The van der Waals surface area contributed by atoms with Gasteiger partial charge in [0.15, 0.2) is 5.92 Å². The number of ether oxygens (including phenoxy) is 2. The molecule has 0 saturated heterocycles. The molecular formula is C18H18N4O4. The first kappa shape index (κ1) is 17.6. The highest BCUT2D eigenvalue weighted by atomic mass is 16.6. The van der Waals surface area contributed by atoms with Gasteiger partial charge < -0.3 is 9.47 Å². The van der Waals surface area contributed by atoms with Crippen LogP contribution in [0.25, 0.3) is 11.0 Å². The number of nitrogens with two attached hydrogens (primary N) is 1. The van der Waals surface area contributed by atoms with E-state index in [-0.39, 0.29) is 19.8 Å². The molecule has 134 valence electrons. The molecule has 0 saturated carbocycles. The monoisotopic (exact) mass is 354 g/mol. The summed E-state index contributed by atoms with van der Waals surface area (Å²) in [6.07, 6.45) is 0.120. The van der Waals surface area contributed by atoms with Crippen LogP contribution in [-0.4, -0.2) is 34.1 Å². The van der Waals surface area contributed by atoms with Gasteiger partial charge in [-0.25, -0.2) is 0 Å². The smallest absolute Gasteiger partial charge is 0.321 e. The number of carbonyl (C=O) groups excluding carboxylic acids is 2. The minimum absolute atomic E-state index is 0.0778. The zero-order valence-electron chi connectivity index (χ0n) is 13.9. The summed E-state index contributed by atoms with van der Waals surface area (Å²) >= 11 is 0. The molecule has 1 aromatic heterocycles. The van der Waals surface area contributed by atoms with Crippen molar-refractivity contribution in [2.75, 3.05) is 6.73 Å². The first-order chi connectivity index (χ1) is 12.7. The van der Waals surface area contributed by atoms with Crippen molar-refractivity contribution in [1.82, 2.24) is 15.4 Å². The summed E-state index contributed by atoms with van der Waals surface area (Å²) in [7, 11) is 0. The van der Waals surface area contributed by atoms with Gasteiger partial charge in [0.2, 0.25) is 0 Å². The van der Waals surface area contributed by atoms with E-state index in [9.17, 15) is 9.59 Å². The van der Waals surface area contributed by atoms with Crippen LogP contribution in [0.4, 0.5) is 0 Å². The van der Waals surface area contributed by atoms with E-state index in [0.717, 1.165) is 11.1 Å². The van der Waals surface area contributed by atoms with E-state index in [0.29, 0.717) is 11.0 Å². The summed E-state index contributed by atoms with van der Waals surface area (Å²) < 4.78 is 10.1. The Bertz CT molecular complexity index is 894. The average molecular weight is 354 g/mol. The molecule has 0 bridgehead atoms. The maximum absolute atomic E-state index is 12.5. The van der Waals surface area contributed by atoms with Crippen LogP contribution in [0.1, 0.15) is 11.1 Å². The number of nitrogens with one attached hydrogen (secondary N) is 1. The molecule has 1 atom stereocenters. The van der Waals surface area contributed by atoms with Crippen molar-refractivity contribution in [3.8, 4) is 0 Å². The number of hydrogen-bond acceptors (Lipinski definition) is 7. The Kier molecular flexibility index (Phi) is 5.55. The van der Waals surface area contributed by atoms with Crippen molar-refractivity contribution < 1.29 is 19.1 Å². The molecule has 8 nitrogen and oxygen atoms in total. The summed E-state index contributed by atoms with van der Waals surface area (Å²) in [6, 6.07) is 14.5. The van der Waals surface area contributed by atoms with Gasteiger partial charge in [-0.05, 0) is 29.7 Å². The quantitative estimate of drug-likeness (QED) is 0.373. The topological polar surface area (TPSA) is 120 Å². The molecule has 0 spiro atoms. The zero-order valence-corrected chi connectivity index (χ0v) is 13.9. The molecule has 0 aliphatic carbocycles. The molecule has 1 heterocycles. The lowest BCUT2D eigenvalue weighted by molar-refractivity contribution is -0.162. The number of nitrogens with zero attached hydrogens (tertiary/aromatic N) is 2. The molecule has 3 N–H and O–H groups in total. The summed E-state index contributed by atoms with van der Waals surface area (Å²) in [5, 5.41) is 10.5. The van der Waals surface area contributed by atoms with Gasteiger partial charge in [-0.3, -0.25) is 15.3 Å². The fourth-order valence-corrected chi connectivity index (χ4v) is 2.52. The number of benzene rings is 2. The normalized spacial score (nSPS) is 11.9. The highest BCUT2D eigenvalue weighted by molar-refractivity contribution is 5.95. The van der Waals surface area contributed by atoms with Crippen LogP contribution in [0.3, 0.4) is 0 Å². The molecule has 0 fully saturated rings. The molecule has 0 aliphatic heterocycles. The predicted octanol–water partition coefficient (Wildman–Crippen LogP) is 1.32. The Morgan fingerprint density at radius 2 is 1.69 bits per heavy atom. The van der Waals surface area contributed by atoms with E-state index >= 15 is 0 Å². The lowest BCUT2D eigenvalue weighted by Gasteiger charge is -2.15. The minimum Gasteiger partial charge on any atom is -0.460 e. The van der Waals surface area contributed by atoms with Crippen LogP contribution in [-0.2, 0) is 32.1 Å². The molecule has 2 aromatic carbocycles. The van der Waals surface area contributed by atoms with Crippen molar-refractivity contribution in [1.29, 1.82) is 0 Å². The molecule has 0 amide bonds. The Morgan fingerprint density at radius 3 is 2.46 bits per heavy atom. The largest absolute Gasteiger partial charge is 0.460 e. The van der Waals surface area contributed by atoms with Crippen LogP contribution < -0.4 is 5.73 Å².